The summed E-state index contributed by atoms with van der Waals surface area (Å²) in [6, 6.07) is 20.2. The molecule has 2 N–H and O–H groups in total. The fourth-order valence-electron chi connectivity index (χ4n) is 3.23. The summed E-state index contributed by atoms with van der Waals surface area (Å²) in [4.78, 5) is 12.4. The van der Waals surface area contributed by atoms with Crippen molar-refractivity contribution in [2.24, 2.45) is 0 Å². The molecule has 2 aromatic heterocycles. The van der Waals surface area contributed by atoms with Crippen molar-refractivity contribution in [3.05, 3.63) is 100 Å². The van der Waals surface area contributed by atoms with E-state index in [1.165, 1.54) is 18.2 Å². The van der Waals surface area contributed by atoms with Crippen LogP contribution < -0.4 is 10.6 Å². The Morgan fingerprint density at radius 1 is 1.07 bits per heavy atom. The molecule has 4 aromatic rings. The number of urea groups is 1. The minimum atomic E-state index is -0.433. The number of benzene rings is 2. The Morgan fingerprint density at radius 2 is 1.87 bits per heavy atom. The molecule has 0 aliphatic heterocycles. The van der Waals surface area contributed by atoms with Crippen molar-refractivity contribution in [1.82, 2.24) is 4.40 Å². The number of nitriles is 1. The highest BCUT2D eigenvalue weighted by Gasteiger charge is 2.10. The van der Waals surface area contributed by atoms with Crippen LogP contribution in [0.2, 0.25) is 5.02 Å². The standard InChI is InChI=1S/C23H16ClFN4O/c24-20-13-19(9-6-17(20)14-26)27-23(30)28-22-3-1-2-21-16(10-11-29(21)22)12-15-4-7-18(25)8-5-15/h1-11,13H,12H2,(H2,27,28,30). The van der Waals surface area contributed by atoms with Crippen molar-refractivity contribution in [3.8, 4) is 6.07 Å². The zero-order chi connectivity index (χ0) is 21.1. The molecule has 0 saturated heterocycles. The lowest BCUT2D eigenvalue weighted by atomic mass is 10.1. The van der Waals surface area contributed by atoms with Gasteiger partial charge in [0, 0.05) is 11.9 Å². The molecule has 0 bridgehead atoms. The predicted octanol–water partition coefficient (Wildman–Crippen LogP) is 5.84. The quantitative estimate of drug-likeness (QED) is 0.437. The van der Waals surface area contributed by atoms with Crippen molar-refractivity contribution < 1.29 is 9.18 Å². The second-order valence-electron chi connectivity index (χ2n) is 6.70. The van der Waals surface area contributed by atoms with Gasteiger partial charge >= 0.3 is 6.03 Å². The van der Waals surface area contributed by atoms with Gasteiger partial charge in [-0.2, -0.15) is 5.26 Å². The first kappa shape index (κ1) is 19.5. The maximum atomic E-state index is 13.1. The van der Waals surface area contributed by atoms with E-state index in [1.807, 2.05) is 34.9 Å². The Labute approximate surface area is 177 Å². The zero-order valence-corrected chi connectivity index (χ0v) is 16.4. The van der Waals surface area contributed by atoms with Crippen molar-refractivity contribution in [2.45, 2.75) is 6.42 Å². The van der Waals surface area contributed by atoms with Crippen LogP contribution in [0.25, 0.3) is 5.52 Å². The second kappa shape index (κ2) is 8.27. The molecule has 7 heteroatoms. The number of halogens is 2. The highest BCUT2D eigenvalue weighted by Crippen LogP contribution is 2.23. The summed E-state index contributed by atoms with van der Waals surface area (Å²) in [5.74, 6) is 0.330. The third-order valence-electron chi connectivity index (χ3n) is 4.68. The van der Waals surface area contributed by atoms with Gasteiger partial charge in [-0.05, 0) is 66.1 Å². The number of aromatic nitrogens is 1. The van der Waals surface area contributed by atoms with Crippen LogP contribution in [-0.2, 0) is 6.42 Å². The molecule has 30 heavy (non-hydrogen) atoms. The van der Waals surface area contributed by atoms with Gasteiger partial charge in [-0.15, -0.1) is 0 Å². The molecule has 5 nitrogen and oxygen atoms in total. The highest BCUT2D eigenvalue weighted by atomic mass is 35.5. The van der Waals surface area contributed by atoms with E-state index in [0.29, 0.717) is 23.5 Å². The first-order chi connectivity index (χ1) is 14.5. The topological polar surface area (TPSA) is 69.3 Å². The molecule has 0 unspecified atom stereocenters. The van der Waals surface area contributed by atoms with Crippen LogP contribution in [0.1, 0.15) is 16.7 Å². The summed E-state index contributed by atoms with van der Waals surface area (Å²) in [5, 5.41) is 14.7. The van der Waals surface area contributed by atoms with E-state index in [1.54, 1.807) is 30.3 Å². The van der Waals surface area contributed by atoms with Crippen LogP contribution in [0.3, 0.4) is 0 Å². The number of nitrogens with one attached hydrogen (secondary N) is 2. The molecule has 2 aromatic carbocycles. The molecule has 0 spiro atoms. The monoisotopic (exact) mass is 418 g/mol. The summed E-state index contributed by atoms with van der Waals surface area (Å²) < 4.78 is 15.0. The summed E-state index contributed by atoms with van der Waals surface area (Å²) in [6.07, 6.45) is 2.53. The van der Waals surface area contributed by atoms with E-state index >= 15 is 0 Å². The van der Waals surface area contributed by atoms with E-state index in [9.17, 15) is 9.18 Å². The van der Waals surface area contributed by atoms with Crippen molar-refractivity contribution in [1.29, 1.82) is 5.26 Å². The lowest BCUT2D eigenvalue weighted by molar-refractivity contribution is 0.262. The molecule has 2 amide bonds. The largest absolute Gasteiger partial charge is 0.324 e. The summed E-state index contributed by atoms with van der Waals surface area (Å²) in [7, 11) is 0. The Balaban J connectivity index is 1.52. The van der Waals surface area contributed by atoms with Gasteiger partial charge in [-0.1, -0.05) is 29.8 Å². The third kappa shape index (κ3) is 4.12. The number of pyridine rings is 1. The Bertz CT molecular complexity index is 1270. The van der Waals surface area contributed by atoms with Crippen LogP contribution in [-0.4, -0.2) is 10.4 Å². The minimum Gasteiger partial charge on any atom is -0.308 e. The van der Waals surface area contributed by atoms with E-state index in [4.69, 9.17) is 16.9 Å². The number of carbonyl (C=O) groups excluding carboxylic acids is 1. The Hall–Kier alpha value is -3.82. The van der Waals surface area contributed by atoms with Gasteiger partial charge in [0.1, 0.15) is 17.7 Å². The van der Waals surface area contributed by atoms with Crippen LogP contribution in [0, 0.1) is 17.1 Å². The molecule has 0 aliphatic rings. The number of hydrogen-bond acceptors (Lipinski definition) is 2. The molecule has 0 aliphatic carbocycles. The molecular weight excluding hydrogens is 403 g/mol. The second-order valence-corrected chi connectivity index (χ2v) is 7.10. The van der Waals surface area contributed by atoms with Gasteiger partial charge in [-0.25, -0.2) is 9.18 Å². The zero-order valence-electron chi connectivity index (χ0n) is 15.7. The molecule has 148 valence electrons. The molecule has 4 rings (SSSR count). The van der Waals surface area contributed by atoms with E-state index in [-0.39, 0.29) is 10.8 Å². The van der Waals surface area contributed by atoms with Crippen molar-refractivity contribution >= 4 is 34.7 Å². The number of anilines is 2. The number of amides is 2. The van der Waals surface area contributed by atoms with Crippen LogP contribution in [0.15, 0.2) is 72.9 Å². The van der Waals surface area contributed by atoms with Gasteiger partial charge in [0.25, 0.3) is 0 Å². The number of hydrogen-bond donors (Lipinski definition) is 2. The van der Waals surface area contributed by atoms with Crippen LogP contribution in [0.5, 0.6) is 0 Å². The number of carbonyl (C=O) groups is 1. The van der Waals surface area contributed by atoms with Gasteiger partial charge in [0.05, 0.1) is 16.1 Å². The SMILES string of the molecule is N#Cc1ccc(NC(=O)Nc2cccc3c(Cc4ccc(F)cc4)ccn23)cc1Cl. The molecular formula is C23H16ClFN4O. The Morgan fingerprint density at radius 3 is 2.60 bits per heavy atom. The van der Waals surface area contributed by atoms with E-state index in [2.05, 4.69) is 10.6 Å². The fraction of sp³-hybridized carbons (Fsp3) is 0.0435. The third-order valence-corrected chi connectivity index (χ3v) is 4.99. The van der Waals surface area contributed by atoms with Crippen molar-refractivity contribution in [3.63, 3.8) is 0 Å². The summed E-state index contributed by atoms with van der Waals surface area (Å²) in [6.45, 7) is 0. The van der Waals surface area contributed by atoms with Crippen molar-refractivity contribution in [2.75, 3.05) is 10.6 Å². The number of fused-ring (bicyclic) bond motifs is 1. The first-order valence-corrected chi connectivity index (χ1v) is 9.52. The average molecular weight is 419 g/mol. The molecule has 0 atom stereocenters. The predicted molar refractivity (Wildman–Crippen MR) is 115 cm³/mol. The van der Waals surface area contributed by atoms with Crippen LogP contribution >= 0.6 is 11.6 Å². The molecule has 0 saturated carbocycles. The maximum absolute atomic E-state index is 13.1. The smallest absolute Gasteiger partial charge is 0.308 e. The fourth-order valence-corrected chi connectivity index (χ4v) is 3.45. The number of nitrogens with zero attached hydrogens (tertiary/aromatic N) is 2. The lowest BCUT2D eigenvalue weighted by Gasteiger charge is -2.11. The summed E-state index contributed by atoms with van der Waals surface area (Å²) >= 11 is 6.01. The normalized spacial score (nSPS) is 10.6. The average Bonchev–Trinajstić information content (AvgIpc) is 3.14. The van der Waals surface area contributed by atoms with Gasteiger partial charge in [0.15, 0.2) is 0 Å². The van der Waals surface area contributed by atoms with Gasteiger partial charge < -0.3 is 9.72 Å². The molecule has 0 radical (unpaired) electrons. The number of rotatable bonds is 4. The highest BCUT2D eigenvalue weighted by molar-refractivity contribution is 6.32. The first-order valence-electron chi connectivity index (χ1n) is 9.14. The minimum absolute atomic E-state index is 0.262. The maximum Gasteiger partial charge on any atom is 0.324 e. The van der Waals surface area contributed by atoms with Crippen LogP contribution in [0.4, 0.5) is 20.7 Å². The van der Waals surface area contributed by atoms with Gasteiger partial charge in [0.2, 0.25) is 0 Å². The van der Waals surface area contributed by atoms with Gasteiger partial charge in [-0.3, -0.25) is 5.32 Å². The van der Waals surface area contributed by atoms with E-state index < -0.39 is 6.03 Å². The Kier molecular flexibility index (Phi) is 5.38. The summed E-state index contributed by atoms with van der Waals surface area (Å²) in [5.41, 5.74) is 3.82. The van der Waals surface area contributed by atoms with E-state index in [0.717, 1.165) is 16.6 Å². The lowest BCUT2D eigenvalue weighted by Crippen LogP contribution is -2.20. The molecule has 2 heterocycles. The molecule has 0 fully saturated rings.